The lowest BCUT2D eigenvalue weighted by atomic mass is 10.5. The van der Waals surface area contributed by atoms with Crippen LogP contribution in [-0.4, -0.2) is 24.1 Å². The standard InChI is InChI=1S/C7H11N3O2S/c1-2-13(11,12)5-6-3-10-7(8)4-9-6/h3-4H,2,5H2,1H3,(H2,8,10). The van der Waals surface area contributed by atoms with Crippen LogP contribution in [0, 0.1) is 0 Å². The van der Waals surface area contributed by atoms with Crippen LogP contribution in [0.3, 0.4) is 0 Å². The summed E-state index contributed by atoms with van der Waals surface area (Å²) in [6.45, 7) is 1.60. The van der Waals surface area contributed by atoms with Gasteiger partial charge in [-0.15, -0.1) is 0 Å². The third kappa shape index (κ3) is 2.98. The van der Waals surface area contributed by atoms with Gasteiger partial charge in [0.2, 0.25) is 0 Å². The smallest absolute Gasteiger partial charge is 0.155 e. The van der Waals surface area contributed by atoms with E-state index in [1.54, 1.807) is 6.92 Å². The molecule has 0 unspecified atom stereocenters. The molecule has 0 aliphatic carbocycles. The van der Waals surface area contributed by atoms with Crippen LogP contribution < -0.4 is 5.73 Å². The molecular weight excluding hydrogens is 190 g/mol. The van der Waals surface area contributed by atoms with Crippen molar-refractivity contribution in [3.8, 4) is 0 Å². The molecule has 72 valence electrons. The predicted octanol–water partition coefficient (Wildman–Crippen LogP) is -0.00650. The minimum atomic E-state index is -3.03. The summed E-state index contributed by atoms with van der Waals surface area (Å²) in [5, 5.41) is 0. The molecule has 1 rings (SSSR count). The van der Waals surface area contributed by atoms with Crippen molar-refractivity contribution < 1.29 is 8.42 Å². The minimum absolute atomic E-state index is 0.0726. The van der Waals surface area contributed by atoms with E-state index >= 15 is 0 Å². The van der Waals surface area contributed by atoms with Crippen LogP contribution in [0.15, 0.2) is 12.4 Å². The molecule has 0 aromatic carbocycles. The van der Waals surface area contributed by atoms with E-state index in [2.05, 4.69) is 9.97 Å². The second-order valence-corrected chi connectivity index (χ2v) is 4.96. The first-order valence-corrected chi connectivity index (χ1v) is 5.62. The van der Waals surface area contributed by atoms with Crippen molar-refractivity contribution >= 4 is 15.7 Å². The maximum absolute atomic E-state index is 11.2. The topological polar surface area (TPSA) is 85.9 Å². The molecule has 0 fully saturated rings. The Bertz CT molecular complexity index is 371. The molecule has 0 aliphatic rings. The largest absolute Gasteiger partial charge is 0.382 e. The average Bonchev–Trinajstić information content (AvgIpc) is 2.09. The number of sulfone groups is 1. The van der Waals surface area contributed by atoms with E-state index in [1.807, 2.05) is 0 Å². The van der Waals surface area contributed by atoms with Crippen molar-refractivity contribution in [2.75, 3.05) is 11.5 Å². The Kier molecular flexibility index (Phi) is 2.82. The molecule has 1 aromatic rings. The lowest BCUT2D eigenvalue weighted by Gasteiger charge is -1.99. The monoisotopic (exact) mass is 201 g/mol. The number of nitrogen functional groups attached to an aromatic ring is 1. The fraction of sp³-hybridized carbons (Fsp3) is 0.429. The third-order valence-corrected chi connectivity index (χ3v) is 3.15. The van der Waals surface area contributed by atoms with E-state index < -0.39 is 9.84 Å². The third-order valence-electron chi connectivity index (χ3n) is 1.53. The Hall–Kier alpha value is -1.17. The summed E-state index contributed by atoms with van der Waals surface area (Å²) in [4.78, 5) is 7.59. The molecule has 0 aliphatic heterocycles. The normalized spacial score (nSPS) is 11.5. The van der Waals surface area contributed by atoms with Crippen molar-refractivity contribution in [1.82, 2.24) is 9.97 Å². The molecule has 0 radical (unpaired) electrons. The van der Waals surface area contributed by atoms with Gasteiger partial charge in [0, 0.05) is 5.75 Å². The van der Waals surface area contributed by atoms with E-state index in [0.717, 1.165) is 0 Å². The van der Waals surface area contributed by atoms with Gasteiger partial charge in [-0.25, -0.2) is 13.4 Å². The van der Waals surface area contributed by atoms with Gasteiger partial charge in [-0.2, -0.15) is 0 Å². The number of nitrogens with zero attached hydrogens (tertiary/aromatic N) is 2. The fourth-order valence-electron chi connectivity index (χ4n) is 0.767. The maximum Gasteiger partial charge on any atom is 0.155 e. The van der Waals surface area contributed by atoms with E-state index in [4.69, 9.17) is 5.73 Å². The summed E-state index contributed by atoms with van der Waals surface area (Å²) in [5.74, 6) is 0.327. The molecule has 5 nitrogen and oxygen atoms in total. The molecule has 2 N–H and O–H groups in total. The highest BCUT2D eigenvalue weighted by atomic mass is 32.2. The van der Waals surface area contributed by atoms with E-state index in [1.165, 1.54) is 12.4 Å². The van der Waals surface area contributed by atoms with Gasteiger partial charge >= 0.3 is 0 Å². The highest BCUT2D eigenvalue weighted by molar-refractivity contribution is 7.90. The minimum Gasteiger partial charge on any atom is -0.382 e. The average molecular weight is 201 g/mol. The Balaban J connectivity index is 2.82. The van der Waals surface area contributed by atoms with Gasteiger partial charge in [0.25, 0.3) is 0 Å². The summed E-state index contributed by atoms with van der Waals surface area (Å²) >= 11 is 0. The van der Waals surface area contributed by atoms with Gasteiger partial charge in [0.05, 0.1) is 23.8 Å². The Labute approximate surface area is 76.9 Å². The molecule has 0 saturated carbocycles. The zero-order chi connectivity index (χ0) is 9.90. The molecule has 0 amide bonds. The van der Waals surface area contributed by atoms with Crippen LogP contribution in [0.25, 0.3) is 0 Å². The summed E-state index contributed by atoms with van der Waals surface area (Å²) in [7, 11) is -3.03. The molecule has 13 heavy (non-hydrogen) atoms. The number of hydrogen-bond acceptors (Lipinski definition) is 5. The Morgan fingerprint density at radius 3 is 2.54 bits per heavy atom. The van der Waals surface area contributed by atoms with E-state index in [-0.39, 0.29) is 17.3 Å². The molecule has 0 spiro atoms. The number of aromatic nitrogens is 2. The predicted molar refractivity (Wildman–Crippen MR) is 49.6 cm³/mol. The van der Waals surface area contributed by atoms with Gasteiger partial charge in [-0.3, -0.25) is 4.98 Å². The van der Waals surface area contributed by atoms with Crippen molar-refractivity contribution in [1.29, 1.82) is 0 Å². The maximum atomic E-state index is 11.2. The summed E-state index contributed by atoms with van der Waals surface area (Å²) in [6, 6.07) is 0. The van der Waals surface area contributed by atoms with Gasteiger partial charge in [-0.1, -0.05) is 6.92 Å². The highest BCUT2D eigenvalue weighted by Crippen LogP contribution is 2.02. The van der Waals surface area contributed by atoms with Gasteiger partial charge in [0.1, 0.15) is 5.82 Å². The molecule has 1 heterocycles. The summed E-state index contributed by atoms with van der Waals surface area (Å²) < 4.78 is 22.3. The Morgan fingerprint density at radius 1 is 1.38 bits per heavy atom. The second-order valence-electron chi connectivity index (χ2n) is 2.61. The van der Waals surface area contributed by atoms with Crippen LogP contribution in [0.4, 0.5) is 5.82 Å². The van der Waals surface area contributed by atoms with Crippen LogP contribution in [0.5, 0.6) is 0 Å². The molecule has 0 bridgehead atoms. The zero-order valence-electron chi connectivity index (χ0n) is 7.27. The molecular formula is C7H11N3O2S. The first kappa shape index (κ1) is 9.91. The highest BCUT2D eigenvalue weighted by Gasteiger charge is 2.09. The van der Waals surface area contributed by atoms with Crippen molar-refractivity contribution in [3.05, 3.63) is 18.1 Å². The first-order valence-electron chi connectivity index (χ1n) is 3.80. The summed E-state index contributed by atoms with van der Waals surface area (Å²) in [6.07, 6.45) is 2.73. The van der Waals surface area contributed by atoms with E-state index in [0.29, 0.717) is 5.69 Å². The quantitative estimate of drug-likeness (QED) is 0.743. The number of nitrogens with two attached hydrogens (primary N) is 1. The zero-order valence-corrected chi connectivity index (χ0v) is 8.08. The number of anilines is 1. The van der Waals surface area contributed by atoms with Gasteiger partial charge in [0.15, 0.2) is 9.84 Å². The fourth-order valence-corrected chi connectivity index (χ4v) is 1.57. The lowest BCUT2D eigenvalue weighted by Crippen LogP contribution is -2.08. The van der Waals surface area contributed by atoms with Gasteiger partial charge in [-0.05, 0) is 0 Å². The van der Waals surface area contributed by atoms with Crippen molar-refractivity contribution in [2.24, 2.45) is 0 Å². The summed E-state index contributed by atoms with van der Waals surface area (Å²) in [5.41, 5.74) is 5.73. The van der Waals surface area contributed by atoms with Crippen molar-refractivity contribution in [2.45, 2.75) is 12.7 Å². The first-order chi connectivity index (χ1) is 6.03. The van der Waals surface area contributed by atoms with Gasteiger partial charge < -0.3 is 5.73 Å². The van der Waals surface area contributed by atoms with Crippen LogP contribution in [-0.2, 0) is 15.6 Å². The van der Waals surface area contributed by atoms with E-state index in [9.17, 15) is 8.42 Å². The number of rotatable bonds is 3. The SMILES string of the molecule is CCS(=O)(=O)Cc1cnc(N)cn1. The number of hydrogen-bond donors (Lipinski definition) is 1. The molecule has 0 saturated heterocycles. The van der Waals surface area contributed by atoms with Crippen LogP contribution in [0.1, 0.15) is 12.6 Å². The second kappa shape index (κ2) is 3.69. The molecule has 6 heteroatoms. The van der Waals surface area contributed by atoms with Crippen LogP contribution in [0.2, 0.25) is 0 Å². The molecule has 0 atom stereocenters. The van der Waals surface area contributed by atoms with Crippen LogP contribution >= 0.6 is 0 Å². The molecule has 1 aromatic heterocycles. The Morgan fingerprint density at radius 2 is 2.08 bits per heavy atom. The van der Waals surface area contributed by atoms with Crippen molar-refractivity contribution in [3.63, 3.8) is 0 Å². The lowest BCUT2D eigenvalue weighted by molar-refractivity contribution is 0.595.